The summed E-state index contributed by atoms with van der Waals surface area (Å²) < 4.78 is 31.8. The Bertz CT molecular complexity index is 971. The Morgan fingerprint density at radius 3 is 2.67 bits per heavy atom. The zero-order valence-corrected chi connectivity index (χ0v) is 14.6. The molecule has 1 aliphatic heterocycles. The van der Waals surface area contributed by atoms with Crippen LogP contribution in [-0.4, -0.2) is 27.5 Å². The third-order valence-corrected chi connectivity index (χ3v) is 4.85. The molecule has 2 unspecified atom stereocenters. The number of likely N-dealkylation sites (tertiary alicyclic amines) is 1. The van der Waals surface area contributed by atoms with Gasteiger partial charge in [-0.05, 0) is 36.8 Å². The fourth-order valence-electron chi connectivity index (χ4n) is 3.34. The average molecular weight is 369 g/mol. The number of rotatable bonds is 4. The van der Waals surface area contributed by atoms with Crippen LogP contribution in [0, 0.1) is 11.6 Å². The van der Waals surface area contributed by atoms with Gasteiger partial charge < -0.3 is 9.42 Å². The first kappa shape index (κ1) is 17.3. The highest BCUT2D eigenvalue weighted by Crippen LogP contribution is 2.34. The van der Waals surface area contributed by atoms with Crippen molar-refractivity contribution in [2.75, 3.05) is 6.54 Å². The van der Waals surface area contributed by atoms with Crippen molar-refractivity contribution in [1.82, 2.24) is 15.0 Å². The number of nitrogens with zero attached hydrogens (tertiary/aromatic N) is 3. The molecule has 2 aromatic carbocycles. The van der Waals surface area contributed by atoms with Crippen molar-refractivity contribution in [3.05, 3.63) is 71.6 Å². The molecule has 138 valence electrons. The summed E-state index contributed by atoms with van der Waals surface area (Å²) in [6.45, 7) is 2.33. The van der Waals surface area contributed by atoms with Crippen molar-refractivity contribution >= 4 is 5.91 Å². The summed E-state index contributed by atoms with van der Waals surface area (Å²) in [5, 5.41) is 3.91. The van der Waals surface area contributed by atoms with E-state index in [0.29, 0.717) is 23.8 Å². The van der Waals surface area contributed by atoms with Gasteiger partial charge in [-0.3, -0.25) is 4.79 Å². The van der Waals surface area contributed by atoms with Gasteiger partial charge in [-0.25, -0.2) is 8.78 Å². The Labute approximate surface area is 154 Å². The summed E-state index contributed by atoms with van der Waals surface area (Å²) in [4.78, 5) is 18.5. The molecule has 5 nitrogen and oxygen atoms in total. The maximum atomic E-state index is 13.4. The number of carbonyl (C=O) groups excluding carboxylic acids is 1. The molecule has 1 aromatic heterocycles. The Kier molecular flexibility index (Phi) is 4.43. The summed E-state index contributed by atoms with van der Waals surface area (Å²) >= 11 is 0. The topological polar surface area (TPSA) is 59.2 Å². The monoisotopic (exact) mass is 369 g/mol. The second-order valence-electron chi connectivity index (χ2n) is 6.64. The van der Waals surface area contributed by atoms with Crippen LogP contribution < -0.4 is 0 Å². The molecule has 0 N–H and O–H groups in total. The lowest BCUT2D eigenvalue weighted by Crippen LogP contribution is -2.28. The van der Waals surface area contributed by atoms with E-state index < -0.39 is 0 Å². The van der Waals surface area contributed by atoms with Gasteiger partial charge in [0.1, 0.15) is 11.6 Å². The first-order valence-corrected chi connectivity index (χ1v) is 8.66. The van der Waals surface area contributed by atoms with E-state index in [1.165, 1.54) is 24.3 Å². The summed E-state index contributed by atoms with van der Waals surface area (Å²) in [6, 6.07) is 11.9. The highest BCUT2D eigenvalue weighted by molar-refractivity contribution is 5.80. The summed E-state index contributed by atoms with van der Waals surface area (Å²) in [7, 11) is 0. The standard InChI is InChI=1S/C20H17F2N3O2/c1-12(13-5-7-16(21)8-6-13)25-11-15(10-18(25)26)20-23-19(24-27-20)14-3-2-4-17(22)9-14/h2-9,12,15H,10-11H2,1H3. The van der Waals surface area contributed by atoms with Gasteiger partial charge >= 0.3 is 0 Å². The molecule has 2 atom stereocenters. The molecule has 1 amide bonds. The molecule has 0 bridgehead atoms. The molecule has 27 heavy (non-hydrogen) atoms. The normalized spacial score (nSPS) is 18.1. The van der Waals surface area contributed by atoms with Crippen molar-refractivity contribution in [1.29, 1.82) is 0 Å². The predicted molar refractivity (Wildman–Crippen MR) is 93.6 cm³/mol. The van der Waals surface area contributed by atoms with Gasteiger partial charge in [-0.2, -0.15) is 4.98 Å². The molecule has 0 radical (unpaired) electrons. The number of aromatic nitrogens is 2. The van der Waals surface area contributed by atoms with Crippen LogP contribution in [-0.2, 0) is 4.79 Å². The predicted octanol–water partition coefficient (Wildman–Crippen LogP) is 4.09. The van der Waals surface area contributed by atoms with Crippen LogP contribution in [0.3, 0.4) is 0 Å². The maximum Gasteiger partial charge on any atom is 0.232 e. The molecule has 1 saturated heterocycles. The van der Waals surface area contributed by atoms with Crippen molar-refractivity contribution in [3.8, 4) is 11.4 Å². The molecule has 0 saturated carbocycles. The smallest absolute Gasteiger partial charge is 0.232 e. The van der Waals surface area contributed by atoms with E-state index in [0.717, 1.165) is 5.56 Å². The van der Waals surface area contributed by atoms with Gasteiger partial charge in [0.2, 0.25) is 17.6 Å². The first-order valence-electron chi connectivity index (χ1n) is 8.66. The zero-order valence-electron chi connectivity index (χ0n) is 14.6. The van der Waals surface area contributed by atoms with Crippen LogP contribution in [0.4, 0.5) is 8.78 Å². The third kappa shape index (κ3) is 3.45. The van der Waals surface area contributed by atoms with Crippen molar-refractivity contribution < 1.29 is 18.1 Å². The summed E-state index contributed by atoms with van der Waals surface area (Å²) in [6.07, 6.45) is 0.260. The number of amides is 1. The van der Waals surface area contributed by atoms with E-state index in [4.69, 9.17) is 4.52 Å². The van der Waals surface area contributed by atoms with E-state index in [1.54, 1.807) is 29.2 Å². The van der Waals surface area contributed by atoms with E-state index in [1.807, 2.05) is 6.92 Å². The second-order valence-corrected chi connectivity index (χ2v) is 6.64. The second kappa shape index (κ2) is 6.90. The summed E-state index contributed by atoms with van der Waals surface area (Å²) in [5.74, 6) is -0.294. The van der Waals surface area contributed by atoms with Crippen molar-refractivity contribution in [2.24, 2.45) is 0 Å². The van der Waals surface area contributed by atoms with E-state index in [-0.39, 0.29) is 35.9 Å². The molecule has 4 rings (SSSR count). The zero-order chi connectivity index (χ0) is 19.0. The van der Waals surface area contributed by atoms with Crippen LogP contribution in [0.25, 0.3) is 11.4 Å². The Morgan fingerprint density at radius 2 is 1.93 bits per heavy atom. The van der Waals surface area contributed by atoms with Gasteiger partial charge in [-0.15, -0.1) is 0 Å². The Balaban J connectivity index is 1.52. The number of hydrogen-bond donors (Lipinski definition) is 0. The molecule has 2 heterocycles. The van der Waals surface area contributed by atoms with Crippen LogP contribution in [0.1, 0.15) is 36.8 Å². The molecule has 1 aliphatic rings. The van der Waals surface area contributed by atoms with E-state index in [2.05, 4.69) is 10.1 Å². The minimum Gasteiger partial charge on any atom is -0.339 e. The quantitative estimate of drug-likeness (QED) is 0.695. The van der Waals surface area contributed by atoms with Gasteiger partial charge in [0, 0.05) is 18.5 Å². The number of carbonyl (C=O) groups is 1. The van der Waals surface area contributed by atoms with E-state index in [9.17, 15) is 13.6 Å². The lowest BCUT2D eigenvalue weighted by Gasteiger charge is -2.25. The van der Waals surface area contributed by atoms with Crippen LogP contribution in [0.2, 0.25) is 0 Å². The van der Waals surface area contributed by atoms with Crippen LogP contribution in [0.5, 0.6) is 0 Å². The minimum absolute atomic E-state index is 0.0256. The Morgan fingerprint density at radius 1 is 1.15 bits per heavy atom. The molecular weight excluding hydrogens is 352 g/mol. The lowest BCUT2D eigenvalue weighted by atomic mass is 10.1. The molecule has 0 aliphatic carbocycles. The first-order chi connectivity index (χ1) is 13.0. The van der Waals surface area contributed by atoms with Crippen molar-refractivity contribution in [2.45, 2.75) is 25.3 Å². The maximum absolute atomic E-state index is 13.4. The molecule has 1 fully saturated rings. The fourth-order valence-corrected chi connectivity index (χ4v) is 3.34. The highest BCUT2D eigenvalue weighted by Gasteiger charge is 2.37. The molecular formula is C20H17F2N3O2. The van der Waals surface area contributed by atoms with E-state index >= 15 is 0 Å². The van der Waals surface area contributed by atoms with Crippen molar-refractivity contribution in [3.63, 3.8) is 0 Å². The lowest BCUT2D eigenvalue weighted by molar-refractivity contribution is -0.129. The number of halogens is 2. The van der Waals surface area contributed by atoms with Gasteiger partial charge in [0.15, 0.2) is 0 Å². The van der Waals surface area contributed by atoms with Gasteiger partial charge in [0.25, 0.3) is 0 Å². The molecule has 3 aromatic rings. The van der Waals surface area contributed by atoms with Gasteiger partial charge in [-0.1, -0.05) is 29.4 Å². The SMILES string of the molecule is CC(c1ccc(F)cc1)N1CC(c2nc(-c3cccc(F)c3)no2)CC1=O. The molecule has 0 spiro atoms. The number of hydrogen-bond acceptors (Lipinski definition) is 4. The highest BCUT2D eigenvalue weighted by atomic mass is 19.1. The average Bonchev–Trinajstić information content (AvgIpc) is 3.29. The van der Waals surface area contributed by atoms with Crippen LogP contribution in [0.15, 0.2) is 53.1 Å². The Hall–Kier alpha value is -3.09. The van der Waals surface area contributed by atoms with Crippen LogP contribution >= 0.6 is 0 Å². The summed E-state index contributed by atoms with van der Waals surface area (Å²) in [5.41, 5.74) is 1.38. The minimum atomic E-state index is -0.380. The number of benzene rings is 2. The largest absolute Gasteiger partial charge is 0.339 e. The third-order valence-electron chi connectivity index (χ3n) is 4.85. The van der Waals surface area contributed by atoms with Gasteiger partial charge in [0.05, 0.1) is 12.0 Å². The molecule has 7 heteroatoms. The fraction of sp³-hybridized carbons (Fsp3) is 0.250.